The quantitative estimate of drug-likeness (QED) is 0.915. The maximum absolute atomic E-state index is 13.2. The second-order valence-electron chi connectivity index (χ2n) is 3.45. The van der Waals surface area contributed by atoms with Gasteiger partial charge in [-0.3, -0.25) is 0 Å². The first kappa shape index (κ1) is 14.0. The first-order valence-corrected chi connectivity index (χ1v) is 6.53. The first-order chi connectivity index (χ1) is 9.06. The van der Waals surface area contributed by atoms with Gasteiger partial charge in [0.05, 0.1) is 0 Å². The van der Waals surface area contributed by atoms with Gasteiger partial charge in [0.25, 0.3) is 0 Å². The third-order valence-electron chi connectivity index (χ3n) is 1.97. The number of rotatable bonds is 4. The van der Waals surface area contributed by atoms with Gasteiger partial charge in [-0.2, -0.15) is 15.0 Å². The predicted octanol–water partition coefficient (Wildman–Crippen LogP) is 3.65. The third kappa shape index (κ3) is 4.00. The molecule has 0 bridgehead atoms. The van der Waals surface area contributed by atoms with E-state index in [9.17, 15) is 4.39 Å². The third-order valence-corrected chi connectivity index (χ3v) is 2.59. The molecule has 0 spiro atoms. The van der Waals surface area contributed by atoms with Crippen LogP contribution in [0.2, 0.25) is 5.28 Å². The molecule has 0 aliphatic carbocycles. The van der Waals surface area contributed by atoms with Crippen molar-refractivity contribution < 1.29 is 9.13 Å². The van der Waals surface area contributed by atoms with Crippen molar-refractivity contribution in [1.29, 1.82) is 0 Å². The number of hydrogen-bond donors (Lipinski definition) is 1. The molecule has 100 valence electrons. The number of halogens is 3. The topological polar surface area (TPSA) is 59.9 Å². The summed E-state index contributed by atoms with van der Waals surface area (Å²) < 4.78 is 19.1. The van der Waals surface area contributed by atoms with Gasteiger partial charge in [0.2, 0.25) is 11.2 Å². The monoisotopic (exact) mass is 346 g/mol. The highest BCUT2D eigenvalue weighted by atomic mass is 79.9. The highest BCUT2D eigenvalue weighted by molar-refractivity contribution is 9.10. The van der Waals surface area contributed by atoms with E-state index in [1.165, 1.54) is 12.1 Å². The summed E-state index contributed by atoms with van der Waals surface area (Å²) in [6.45, 7) is 2.52. The van der Waals surface area contributed by atoms with Crippen LogP contribution in [0.4, 0.5) is 10.3 Å². The molecule has 0 saturated heterocycles. The molecule has 0 atom stereocenters. The number of ether oxygens (including phenoxy) is 1. The van der Waals surface area contributed by atoms with Gasteiger partial charge in [-0.15, -0.1) is 0 Å². The summed E-state index contributed by atoms with van der Waals surface area (Å²) in [5.41, 5.74) is 0. The predicted molar refractivity (Wildman–Crippen MR) is 73.2 cm³/mol. The fourth-order valence-electron chi connectivity index (χ4n) is 1.31. The van der Waals surface area contributed by atoms with E-state index in [-0.39, 0.29) is 17.0 Å². The largest absolute Gasteiger partial charge is 0.424 e. The van der Waals surface area contributed by atoms with Crippen molar-refractivity contribution in [2.45, 2.75) is 6.92 Å². The van der Waals surface area contributed by atoms with E-state index in [2.05, 4.69) is 36.2 Å². The van der Waals surface area contributed by atoms with E-state index in [1.54, 1.807) is 6.07 Å². The molecule has 19 heavy (non-hydrogen) atoms. The number of hydrogen-bond acceptors (Lipinski definition) is 5. The van der Waals surface area contributed by atoms with Crippen molar-refractivity contribution in [3.8, 4) is 11.8 Å². The van der Waals surface area contributed by atoms with Crippen LogP contribution < -0.4 is 10.1 Å². The van der Waals surface area contributed by atoms with Gasteiger partial charge in [-0.25, -0.2) is 4.39 Å². The van der Waals surface area contributed by atoms with Crippen LogP contribution in [0.15, 0.2) is 22.7 Å². The molecule has 5 nitrogen and oxygen atoms in total. The fraction of sp³-hybridized carbons (Fsp3) is 0.182. The van der Waals surface area contributed by atoms with Crippen molar-refractivity contribution in [3.05, 3.63) is 33.8 Å². The molecule has 0 fully saturated rings. The molecule has 0 aliphatic rings. The Morgan fingerprint density at radius 2 is 2.11 bits per heavy atom. The number of nitrogens with one attached hydrogen (secondary N) is 1. The minimum atomic E-state index is -0.434. The zero-order valence-electron chi connectivity index (χ0n) is 9.82. The van der Waals surface area contributed by atoms with Gasteiger partial charge in [0.1, 0.15) is 11.6 Å². The summed E-state index contributed by atoms with van der Waals surface area (Å²) in [5, 5.41) is 2.88. The zero-order chi connectivity index (χ0) is 13.8. The Morgan fingerprint density at radius 3 is 2.79 bits per heavy atom. The molecule has 2 rings (SSSR count). The van der Waals surface area contributed by atoms with E-state index in [0.717, 1.165) is 0 Å². The molecule has 1 N–H and O–H groups in total. The lowest BCUT2D eigenvalue weighted by Crippen LogP contribution is -2.04. The summed E-state index contributed by atoms with van der Waals surface area (Å²) in [6.07, 6.45) is 0. The lowest BCUT2D eigenvalue weighted by molar-refractivity contribution is 0.436. The molecule has 1 heterocycles. The van der Waals surface area contributed by atoms with Gasteiger partial charge in [-0.1, -0.05) is 15.9 Å². The van der Waals surface area contributed by atoms with Crippen molar-refractivity contribution in [2.24, 2.45) is 0 Å². The number of benzene rings is 1. The van der Waals surface area contributed by atoms with Crippen LogP contribution in [0.1, 0.15) is 6.92 Å². The highest BCUT2D eigenvalue weighted by Crippen LogP contribution is 2.24. The Hall–Kier alpha value is -1.47. The first-order valence-electron chi connectivity index (χ1n) is 5.36. The van der Waals surface area contributed by atoms with Crippen molar-refractivity contribution in [3.63, 3.8) is 0 Å². The van der Waals surface area contributed by atoms with Gasteiger partial charge >= 0.3 is 6.01 Å². The Bertz CT molecular complexity index is 579. The van der Waals surface area contributed by atoms with Crippen LogP contribution in [0.3, 0.4) is 0 Å². The molecule has 0 amide bonds. The van der Waals surface area contributed by atoms with E-state index in [4.69, 9.17) is 16.3 Å². The van der Waals surface area contributed by atoms with Crippen molar-refractivity contribution in [2.75, 3.05) is 11.9 Å². The normalized spacial score (nSPS) is 10.3. The second kappa shape index (κ2) is 6.12. The van der Waals surface area contributed by atoms with Crippen LogP contribution >= 0.6 is 27.5 Å². The zero-order valence-corrected chi connectivity index (χ0v) is 12.2. The smallest absolute Gasteiger partial charge is 0.328 e. The molecular formula is C11H9BrClFN4O. The summed E-state index contributed by atoms with van der Waals surface area (Å²) in [7, 11) is 0. The van der Waals surface area contributed by atoms with Crippen LogP contribution in [-0.4, -0.2) is 21.5 Å². The maximum atomic E-state index is 13.2. The van der Waals surface area contributed by atoms with Gasteiger partial charge < -0.3 is 10.1 Å². The van der Waals surface area contributed by atoms with Gasteiger partial charge in [0, 0.05) is 17.1 Å². The molecule has 8 heteroatoms. The maximum Gasteiger partial charge on any atom is 0.328 e. The van der Waals surface area contributed by atoms with E-state index >= 15 is 0 Å². The van der Waals surface area contributed by atoms with Crippen molar-refractivity contribution in [1.82, 2.24) is 15.0 Å². The molecule has 1 aromatic carbocycles. The Balaban J connectivity index is 2.27. The van der Waals surface area contributed by atoms with Crippen LogP contribution in [0.25, 0.3) is 0 Å². The minimum Gasteiger partial charge on any atom is -0.424 e. The summed E-state index contributed by atoms with van der Waals surface area (Å²) in [4.78, 5) is 11.7. The van der Waals surface area contributed by atoms with Crippen molar-refractivity contribution >= 4 is 33.5 Å². The van der Waals surface area contributed by atoms with Gasteiger partial charge in [0.15, 0.2) is 0 Å². The highest BCUT2D eigenvalue weighted by Gasteiger charge is 2.08. The summed E-state index contributed by atoms with van der Waals surface area (Å²) >= 11 is 8.92. The molecule has 0 radical (unpaired) electrons. The molecule has 2 aromatic rings. The number of anilines is 1. The van der Waals surface area contributed by atoms with E-state index < -0.39 is 5.82 Å². The Labute approximate surface area is 122 Å². The van der Waals surface area contributed by atoms with E-state index in [1.807, 2.05) is 6.92 Å². The standard InChI is InChI=1S/C11H9BrClFN4O/c1-2-15-10-16-9(13)17-11(18-10)19-8-4-6(12)3-7(14)5-8/h3-5H,2H2,1H3,(H,15,16,17,18). The van der Waals surface area contributed by atoms with Crippen LogP contribution in [0, 0.1) is 5.82 Å². The second-order valence-corrected chi connectivity index (χ2v) is 4.70. The Kier molecular flexibility index (Phi) is 4.49. The van der Waals surface area contributed by atoms with Crippen LogP contribution in [-0.2, 0) is 0 Å². The summed E-state index contributed by atoms with van der Waals surface area (Å²) in [6, 6.07) is 4.12. The number of aromatic nitrogens is 3. The minimum absolute atomic E-state index is 0.00332. The molecule has 0 aliphatic heterocycles. The van der Waals surface area contributed by atoms with Crippen LogP contribution in [0.5, 0.6) is 11.8 Å². The molecular weight excluding hydrogens is 339 g/mol. The summed E-state index contributed by atoms with van der Waals surface area (Å²) in [5.74, 6) is 0.126. The SMILES string of the molecule is CCNc1nc(Cl)nc(Oc2cc(F)cc(Br)c2)n1. The number of nitrogens with zero attached hydrogens (tertiary/aromatic N) is 3. The molecule has 0 unspecified atom stereocenters. The van der Waals surface area contributed by atoms with Gasteiger partial charge in [-0.05, 0) is 30.7 Å². The average molecular weight is 348 g/mol. The fourth-order valence-corrected chi connectivity index (χ4v) is 1.90. The van der Waals surface area contributed by atoms with E-state index in [0.29, 0.717) is 17.0 Å². The lowest BCUT2D eigenvalue weighted by atomic mass is 10.3. The lowest BCUT2D eigenvalue weighted by Gasteiger charge is -2.06. The molecule has 0 saturated carbocycles. The average Bonchev–Trinajstić information content (AvgIpc) is 2.26. The Morgan fingerprint density at radius 1 is 1.32 bits per heavy atom. The molecule has 1 aromatic heterocycles.